The molecular formula is C15H12ClF3O. The minimum absolute atomic E-state index is 0.0407. The fourth-order valence-corrected chi connectivity index (χ4v) is 2.28. The topological polar surface area (TPSA) is 9.23 Å². The third kappa shape index (κ3) is 3.90. The van der Waals surface area contributed by atoms with Gasteiger partial charge in [0.25, 0.3) is 0 Å². The van der Waals surface area contributed by atoms with E-state index in [2.05, 4.69) is 4.74 Å². The molecule has 0 N–H and O–H groups in total. The van der Waals surface area contributed by atoms with Crippen LogP contribution in [0.25, 0.3) is 0 Å². The Labute approximate surface area is 119 Å². The van der Waals surface area contributed by atoms with Crippen molar-refractivity contribution in [3.8, 4) is 5.75 Å². The van der Waals surface area contributed by atoms with Gasteiger partial charge in [-0.2, -0.15) is 8.78 Å². The Morgan fingerprint density at radius 1 is 1.05 bits per heavy atom. The van der Waals surface area contributed by atoms with Gasteiger partial charge in [0.2, 0.25) is 0 Å². The molecule has 0 fully saturated rings. The first-order valence-electron chi connectivity index (χ1n) is 5.98. The highest BCUT2D eigenvalue weighted by molar-refractivity contribution is 6.21. The molecule has 1 unspecified atom stereocenters. The number of hydrogen-bond donors (Lipinski definition) is 0. The summed E-state index contributed by atoms with van der Waals surface area (Å²) >= 11 is 6.23. The maximum absolute atomic E-state index is 13.1. The average molecular weight is 301 g/mol. The predicted octanol–water partition coefficient (Wildman–Crippen LogP) is 4.95. The molecule has 2 aromatic rings. The Morgan fingerprint density at radius 3 is 2.50 bits per heavy atom. The van der Waals surface area contributed by atoms with Crippen LogP contribution in [0.3, 0.4) is 0 Å². The van der Waals surface area contributed by atoms with Crippen LogP contribution in [-0.2, 0) is 6.42 Å². The zero-order chi connectivity index (χ0) is 14.5. The van der Waals surface area contributed by atoms with Gasteiger partial charge in [-0.3, -0.25) is 0 Å². The van der Waals surface area contributed by atoms with Crippen LogP contribution in [0, 0.1) is 5.82 Å². The minimum Gasteiger partial charge on any atom is -0.434 e. The van der Waals surface area contributed by atoms with Crippen molar-refractivity contribution in [3.05, 3.63) is 65.5 Å². The monoisotopic (exact) mass is 300 g/mol. The van der Waals surface area contributed by atoms with E-state index in [1.54, 1.807) is 30.3 Å². The number of alkyl halides is 3. The number of hydrogen-bond acceptors (Lipinski definition) is 1. The van der Waals surface area contributed by atoms with Crippen molar-refractivity contribution in [2.45, 2.75) is 18.4 Å². The summed E-state index contributed by atoms with van der Waals surface area (Å²) < 4.78 is 42.2. The molecule has 0 bridgehead atoms. The molecule has 20 heavy (non-hydrogen) atoms. The van der Waals surface area contributed by atoms with Gasteiger partial charge in [-0.05, 0) is 30.2 Å². The van der Waals surface area contributed by atoms with Crippen LogP contribution in [0.4, 0.5) is 13.2 Å². The molecule has 0 aliphatic rings. The van der Waals surface area contributed by atoms with E-state index >= 15 is 0 Å². The number of rotatable bonds is 5. The van der Waals surface area contributed by atoms with E-state index in [0.29, 0.717) is 17.5 Å². The lowest BCUT2D eigenvalue weighted by Gasteiger charge is -2.15. The van der Waals surface area contributed by atoms with Crippen molar-refractivity contribution in [1.29, 1.82) is 0 Å². The van der Waals surface area contributed by atoms with E-state index in [-0.39, 0.29) is 11.6 Å². The lowest BCUT2D eigenvalue weighted by Crippen LogP contribution is -2.06. The lowest BCUT2D eigenvalue weighted by atomic mass is 10.0. The SMILES string of the molecule is Fc1cccc(CC(Cl)c2ccccc2OC(F)F)c1. The molecule has 5 heteroatoms. The Balaban J connectivity index is 2.18. The fraction of sp³-hybridized carbons (Fsp3) is 0.200. The number of ether oxygens (including phenoxy) is 1. The van der Waals surface area contributed by atoms with Gasteiger partial charge in [0, 0.05) is 5.56 Å². The molecule has 0 aliphatic heterocycles. The van der Waals surface area contributed by atoms with Crippen molar-refractivity contribution in [2.75, 3.05) is 0 Å². The summed E-state index contributed by atoms with van der Waals surface area (Å²) in [4.78, 5) is 0. The van der Waals surface area contributed by atoms with Crippen LogP contribution in [0.15, 0.2) is 48.5 Å². The number of halogens is 4. The van der Waals surface area contributed by atoms with E-state index in [1.807, 2.05) is 0 Å². The average Bonchev–Trinajstić information content (AvgIpc) is 2.38. The maximum Gasteiger partial charge on any atom is 0.387 e. The molecule has 2 rings (SSSR count). The molecule has 106 valence electrons. The summed E-state index contributed by atoms with van der Waals surface area (Å²) in [5.41, 5.74) is 1.15. The van der Waals surface area contributed by atoms with Gasteiger partial charge >= 0.3 is 6.61 Å². The van der Waals surface area contributed by atoms with Gasteiger partial charge in [-0.25, -0.2) is 4.39 Å². The molecule has 0 heterocycles. The van der Waals surface area contributed by atoms with Crippen molar-refractivity contribution in [1.82, 2.24) is 0 Å². The van der Waals surface area contributed by atoms with Gasteiger partial charge in [0.05, 0.1) is 5.38 Å². The summed E-state index contributed by atoms with van der Waals surface area (Å²) in [5, 5.41) is -0.577. The molecule has 0 spiro atoms. The van der Waals surface area contributed by atoms with E-state index in [9.17, 15) is 13.2 Å². The van der Waals surface area contributed by atoms with Crippen molar-refractivity contribution in [2.24, 2.45) is 0 Å². The molecule has 0 aliphatic carbocycles. The second-order valence-corrected chi connectivity index (χ2v) is 4.74. The van der Waals surface area contributed by atoms with E-state index in [1.165, 1.54) is 18.2 Å². The molecule has 2 aromatic carbocycles. The second-order valence-electron chi connectivity index (χ2n) is 4.22. The minimum atomic E-state index is -2.91. The van der Waals surface area contributed by atoms with Crippen molar-refractivity contribution < 1.29 is 17.9 Å². The molecule has 0 saturated carbocycles. The predicted molar refractivity (Wildman–Crippen MR) is 71.8 cm³/mol. The molecule has 0 amide bonds. The van der Waals surface area contributed by atoms with Crippen LogP contribution >= 0.6 is 11.6 Å². The zero-order valence-electron chi connectivity index (χ0n) is 10.4. The van der Waals surface area contributed by atoms with Crippen LogP contribution in [0.5, 0.6) is 5.75 Å². The van der Waals surface area contributed by atoms with Crippen LogP contribution < -0.4 is 4.74 Å². The highest BCUT2D eigenvalue weighted by Gasteiger charge is 2.16. The lowest BCUT2D eigenvalue weighted by molar-refractivity contribution is -0.0504. The molecule has 0 aromatic heterocycles. The summed E-state index contributed by atoms with van der Waals surface area (Å²) in [7, 11) is 0. The Bertz CT molecular complexity index is 575. The molecular weight excluding hydrogens is 289 g/mol. The van der Waals surface area contributed by atoms with Crippen molar-refractivity contribution in [3.63, 3.8) is 0 Å². The molecule has 0 saturated heterocycles. The molecule has 1 atom stereocenters. The highest BCUT2D eigenvalue weighted by Crippen LogP contribution is 2.33. The standard InChI is InChI=1S/C15H12ClF3O/c16-13(9-10-4-3-5-11(17)8-10)12-6-1-2-7-14(12)20-15(18)19/h1-8,13,15H,9H2. The summed E-state index contributed by atoms with van der Waals surface area (Å²) in [6.07, 6.45) is 0.322. The summed E-state index contributed by atoms with van der Waals surface area (Å²) in [6.45, 7) is -2.91. The summed E-state index contributed by atoms with van der Waals surface area (Å²) in [5.74, 6) is -0.317. The maximum atomic E-state index is 13.1. The van der Waals surface area contributed by atoms with Gasteiger partial charge < -0.3 is 4.74 Å². The Kier molecular flexibility index (Phi) is 4.90. The normalized spacial score (nSPS) is 12.4. The van der Waals surface area contributed by atoms with Gasteiger partial charge in [0.15, 0.2) is 0 Å². The third-order valence-electron chi connectivity index (χ3n) is 2.78. The second kappa shape index (κ2) is 6.66. The smallest absolute Gasteiger partial charge is 0.387 e. The van der Waals surface area contributed by atoms with Gasteiger partial charge in [-0.1, -0.05) is 30.3 Å². The van der Waals surface area contributed by atoms with Gasteiger partial charge in [-0.15, -0.1) is 11.6 Å². The molecule has 0 radical (unpaired) electrons. The molecule has 1 nitrogen and oxygen atoms in total. The van der Waals surface area contributed by atoms with Gasteiger partial charge in [0.1, 0.15) is 11.6 Å². The van der Waals surface area contributed by atoms with Crippen LogP contribution in [0.1, 0.15) is 16.5 Å². The van der Waals surface area contributed by atoms with Crippen LogP contribution in [0.2, 0.25) is 0 Å². The van der Waals surface area contributed by atoms with Crippen molar-refractivity contribution >= 4 is 11.6 Å². The zero-order valence-corrected chi connectivity index (χ0v) is 11.2. The summed E-state index contributed by atoms with van der Waals surface area (Å²) in [6, 6.07) is 12.3. The fourth-order valence-electron chi connectivity index (χ4n) is 1.92. The number of benzene rings is 2. The van der Waals surface area contributed by atoms with E-state index in [4.69, 9.17) is 11.6 Å². The largest absolute Gasteiger partial charge is 0.434 e. The van der Waals surface area contributed by atoms with E-state index < -0.39 is 12.0 Å². The first-order chi connectivity index (χ1) is 9.56. The number of para-hydroxylation sites is 1. The quantitative estimate of drug-likeness (QED) is 0.710. The Hall–Kier alpha value is -1.68. The third-order valence-corrected chi connectivity index (χ3v) is 3.17. The Morgan fingerprint density at radius 2 is 1.80 bits per heavy atom. The first-order valence-corrected chi connectivity index (χ1v) is 6.42. The van der Waals surface area contributed by atoms with Crippen LogP contribution in [-0.4, -0.2) is 6.61 Å². The van der Waals surface area contributed by atoms with E-state index in [0.717, 1.165) is 0 Å². The highest BCUT2D eigenvalue weighted by atomic mass is 35.5. The first kappa shape index (κ1) is 14.7.